The number of aryl methyl sites for hydroxylation is 1. The highest BCUT2D eigenvalue weighted by Gasteiger charge is 2.32. The van der Waals surface area contributed by atoms with E-state index >= 15 is 0 Å². The summed E-state index contributed by atoms with van der Waals surface area (Å²) in [6.45, 7) is 1.81. The number of nitrogens with zero attached hydrogens (tertiary/aromatic N) is 2. The lowest BCUT2D eigenvalue weighted by Gasteiger charge is -2.17. The molecule has 0 unspecified atom stereocenters. The zero-order valence-corrected chi connectivity index (χ0v) is 16.3. The SMILES string of the molecule is Cc1ccccc1OCc1nc2ccccc2c(=O)n1NC(=O)C(Cl)(Cl)Cl. The highest BCUT2D eigenvalue weighted by atomic mass is 35.6. The Hall–Kier alpha value is -2.28. The number of fused-ring (bicyclic) bond motifs is 1. The molecule has 0 fully saturated rings. The number of amides is 1. The number of aromatic nitrogens is 2. The lowest BCUT2D eigenvalue weighted by molar-refractivity contribution is -0.116. The van der Waals surface area contributed by atoms with Crippen molar-refractivity contribution in [2.75, 3.05) is 5.43 Å². The van der Waals surface area contributed by atoms with E-state index in [1.807, 2.05) is 25.1 Å². The van der Waals surface area contributed by atoms with Crippen LogP contribution >= 0.6 is 34.8 Å². The van der Waals surface area contributed by atoms with Crippen molar-refractivity contribution in [2.24, 2.45) is 0 Å². The summed E-state index contributed by atoms with van der Waals surface area (Å²) in [6.07, 6.45) is 0. The van der Waals surface area contributed by atoms with Gasteiger partial charge in [0, 0.05) is 0 Å². The lowest BCUT2D eigenvalue weighted by Crippen LogP contribution is -2.41. The molecule has 6 nitrogen and oxygen atoms in total. The van der Waals surface area contributed by atoms with Crippen molar-refractivity contribution in [3.05, 3.63) is 70.3 Å². The highest BCUT2D eigenvalue weighted by molar-refractivity contribution is 6.76. The largest absolute Gasteiger partial charge is 0.485 e. The molecule has 1 aromatic heterocycles. The van der Waals surface area contributed by atoms with Crippen molar-refractivity contribution in [1.29, 1.82) is 0 Å². The fourth-order valence-electron chi connectivity index (χ4n) is 2.42. The van der Waals surface area contributed by atoms with Crippen molar-refractivity contribution in [3.8, 4) is 5.75 Å². The van der Waals surface area contributed by atoms with Crippen LogP contribution in [0.5, 0.6) is 5.75 Å². The second-order valence-electron chi connectivity index (χ2n) is 5.68. The van der Waals surface area contributed by atoms with Gasteiger partial charge in [-0.25, -0.2) is 4.98 Å². The van der Waals surface area contributed by atoms with Crippen molar-refractivity contribution in [1.82, 2.24) is 9.66 Å². The number of carbonyl (C=O) groups is 1. The van der Waals surface area contributed by atoms with Gasteiger partial charge in [0.25, 0.3) is 15.3 Å². The summed E-state index contributed by atoms with van der Waals surface area (Å²) in [5, 5.41) is 0.307. The molecular formula is C18H14Cl3N3O3. The maximum atomic E-state index is 12.8. The summed E-state index contributed by atoms with van der Waals surface area (Å²) in [6, 6.07) is 14.1. The van der Waals surface area contributed by atoms with E-state index in [0.29, 0.717) is 16.7 Å². The molecule has 1 heterocycles. The molecule has 3 rings (SSSR count). The van der Waals surface area contributed by atoms with Crippen LogP contribution < -0.4 is 15.7 Å². The Morgan fingerprint density at radius 2 is 1.81 bits per heavy atom. The molecule has 0 bridgehead atoms. The first-order chi connectivity index (χ1) is 12.8. The lowest BCUT2D eigenvalue weighted by atomic mass is 10.2. The Morgan fingerprint density at radius 1 is 1.15 bits per heavy atom. The molecule has 3 aromatic rings. The van der Waals surface area contributed by atoms with E-state index in [4.69, 9.17) is 39.5 Å². The second kappa shape index (κ2) is 7.76. The fourth-order valence-corrected chi connectivity index (χ4v) is 2.54. The standard InChI is InChI=1S/C18H14Cl3N3O3/c1-11-6-2-5-9-14(11)27-10-15-22-13-8-4-3-7-12(13)16(25)24(15)23-17(26)18(19,20)21/h2-9H,10H2,1H3,(H,23,26). The van der Waals surface area contributed by atoms with Crippen LogP contribution in [0.3, 0.4) is 0 Å². The first kappa shape index (κ1) is 19.5. The van der Waals surface area contributed by atoms with Gasteiger partial charge in [-0.1, -0.05) is 65.1 Å². The number of ether oxygens (including phenoxy) is 1. The predicted octanol–water partition coefficient (Wildman–Crippen LogP) is 3.72. The first-order valence-electron chi connectivity index (χ1n) is 7.84. The van der Waals surface area contributed by atoms with Crippen LogP contribution in [0.2, 0.25) is 0 Å². The van der Waals surface area contributed by atoms with Crippen molar-refractivity contribution < 1.29 is 9.53 Å². The molecule has 0 aliphatic rings. The van der Waals surface area contributed by atoms with Gasteiger partial charge in [0.1, 0.15) is 12.4 Å². The zero-order valence-electron chi connectivity index (χ0n) is 14.1. The van der Waals surface area contributed by atoms with E-state index in [1.54, 1.807) is 30.3 Å². The van der Waals surface area contributed by atoms with Gasteiger partial charge in [0.15, 0.2) is 5.82 Å². The monoisotopic (exact) mass is 425 g/mol. The molecule has 1 N–H and O–H groups in total. The van der Waals surface area contributed by atoms with Crippen LogP contribution in [0.15, 0.2) is 53.3 Å². The Bertz CT molecular complexity index is 1060. The van der Waals surface area contributed by atoms with Crippen molar-refractivity contribution in [3.63, 3.8) is 0 Å². The number of rotatable bonds is 4. The van der Waals surface area contributed by atoms with E-state index in [1.165, 1.54) is 0 Å². The van der Waals surface area contributed by atoms with Crippen LogP contribution in [-0.4, -0.2) is 19.4 Å². The molecule has 140 valence electrons. The molecule has 9 heteroatoms. The molecule has 27 heavy (non-hydrogen) atoms. The van der Waals surface area contributed by atoms with Gasteiger partial charge >= 0.3 is 0 Å². The minimum Gasteiger partial charge on any atom is -0.485 e. The average Bonchev–Trinajstić information content (AvgIpc) is 2.63. The Kier molecular flexibility index (Phi) is 5.60. The van der Waals surface area contributed by atoms with E-state index in [9.17, 15) is 9.59 Å². The molecule has 0 saturated heterocycles. The van der Waals surface area contributed by atoms with E-state index in [-0.39, 0.29) is 12.4 Å². The average molecular weight is 427 g/mol. The normalized spacial score (nSPS) is 11.4. The summed E-state index contributed by atoms with van der Waals surface area (Å²) < 4.78 is 4.46. The van der Waals surface area contributed by atoms with E-state index < -0.39 is 15.3 Å². The molecule has 1 amide bonds. The minimum absolute atomic E-state index is 0.0783. The van der Waals surface area contributed by atoms with Crippen LogP contribution in [0, 0.1) is 6.92 Å². The second-order valence-corrected chi connectivity index (χ2v) is 7.96. The highest BCUT2D eigenvalue weighted by Crippen LogP contribution is 2.26. The van der Waals surface area contributed by atoms with Gasteiger partial charge < -0.3 is 4.74 Å². The molecule has 0 aliphatic heterocycles. The number of carbonyl (C=O) groups excluding carboxylic acids is 1. The fraction of sp³-hybridized carbons (Fsp3) is 0.167. The molecule has 0 saturated carbocycles. The molecule has 2 aromatic carbocycles. The maximum Gasteiger partial charge on any atom is 0.291 e. The van der Waals surface area contributed by atoms with E-state index in [2.05, 4.69) is 10.4 Å². The van der Waals surface area contributed by atoms with Gasteiger partial charge in [-0.2, -0.15) is 4.68 Å². The molecule has 0 atom stereocenters. The summed E-state index contributed by atoms with van der Waals surface area (Å²) in [5.74, 6) is -0.201. The number of para-hydroxylation sites is 2. The Balaban J connectivity index is 2.03. The number of halogens is 3. The molecule has 0 radical (unpaired) electrons. The Labute approximate surface area is 169 Å². The topological polar surface area (TPSA) is 73.2 Å². The summed E-state index contributed by atoms with van der Waals surface area (Å²) in [5.41, 5.74) is 3.16. The van der Waals surface area contributed by atoms with Gasteiger partial charge in [-0.15, -0.1) is 0 Å². The number of benzene rings is 2. The van der Waals surface area contributed by atoms with Crippen molar-refractivity contribution in [2.45, 2.75) is 17.3 Å². The third-order valence-corrected chi connectivity index (χ3v) is 4.28. The smallest absolute Gasteiger partial charge is 0.291 e. The molecule has 0 aliphatic carbocycles. The number of nitrogens with one attached hydrogen (secondary N) is 1. The summed E-state index contributed by atoms with van der Waals surface area (Å²) in [7, 11) is 0. The van der Waals surface area contributed by atoms with Gasteiger partial charge in [0.2, 0.25) is 0 Å². The number of hydrogen-bond donors (Lipinski definition) is 1. The third kappa shape index (κ3) is 4.35. The zero-order chi connectivity index (χ0) is 19.6. The van der Waals surface area contributed by atoms with Gasteiger partial charge in [0.05, 0.1) is 10.9 Å². The minimum atomic E-state index is -2.24. The molecule has 0 spiro atoms. The first-order valence-corrected chi connectivity index (χ1v) is 8.98. The number of hydrogen-bond acceptors (Lipinski definition) is 4. The van der Waals surface area contributed by atoms with Gasteiger partial charge in [-0.3, -0.25) is 15.0 Å². The van der Waals surface area contributed by atoms with Crippen LogP contribution in [0.4, 0.5) is 0 Å². The van der Waals surface area contributed by atoms with Gasteiger partial charge in [-0.05, 0) is 30.7 Å². The summed E-state index contributed by atoms with van der Waals surface area (Å²) >= 11 is 16.8. The predicted molar refractivity (Wildman–Crippen MR) is 106 cm³/mol. The van der Waals surface area contributed by atoms with Crippen LogP contribution in [0.1, 0.15) is 11.4 Å². The quantitative estimate of drug-likeness (QED) is 0.645. The summed E-state index contributed by atoms with van der Waals surface area (Å²) in [4.78, 5) is 29.3. The number of alkyl halides is 3. The van der Waals surface area contributed by atoms with Crippen LogP contribution in [-0.2, 0) is 11.4 Å². The maximum absolute atomic E-state index is 12.8. The van der Waals surface area contributed by atoms with Crippen LogP contribution in [0.25, 0.3) is 10.9 Å². The van der Waals surface area contributed by atoms with Crippen molar-refractivity contribution >= 4 is 51.6 Å². The third-order valence-electron chi connectivity index (χ3n) is 3.77. The Morgan fingerprint density at radius 3 is 2.52 bits per heavy atom. The van der Waals surface area contributed by atoms with E-state index in [0.717, 1.165) is 10.2 Å². The molecular weight excluding hydrogens is 413 g/mol.